The molecule has 2 aromatic heterocycles. The van der Waals surface area contributed by atoms with Gasteiger partial charge in [0.05, 0.1) is 12.0 Å². The van der Waals surface area contributed by atoms with Gasteiger partial charge in [-0.15, -0.1) is 11.3 Å². The van der Waals surface area contributed by atoms with Gasteiger partial charge in [0.25, 0.3) is 5.91 Å². The number of carbonyl (C=O) groups is 1. The lowest BCUT2D eigenvalue weighted by molar-refractivity contribution is 0.0997. The van der Waals surface area contributed by atoms with Gasteiger partial charge in [-0.05, 0) is 29.8 Å². The van der Waals surface area contributed by atoms with Gasteiger partial charge in [-0.1, -0.05) is 46.3 Å². The van der Waals surface area contributed by atoms with Crippen LogP contribution in [0.15, 0.2) is 75.8 Å². The molecule has 6 nitrogen and oxygen atoms in total. The Kier molecular flexibility index (Phi) is 4.74. The van der Waals surface area contributed by atoms with Gasteiger partial charge >= 0.3 is 0 Å². The Bertz CT molecular complexity index is 1160. The zero-order valence-corrected chi connectivity index (χ0v) is 16.4. The first kappa shape index (κ1) is 17.4. The van der Waals surface area contributed by atoms with Crippen LogP contribution < -0.4 is 10.5 Å². The first-order chi connectivity index (χ1) is 13.1. The lowest BCUT2D eigenvalue weighted by Gasteiger charge is -2.09. The number of aromatic nitrogens is 3. The molecule has 134 valence electrons. The summed E-state index contributed by atoms with van der Waals surface area (Å²) >= 11 is 4.94. The van der Waals surface area contributed by atoms with Gasteiger partial charge in [0.15, 0.2) is 16.3 Å². The Morgan fingerprint density at radius 2 is 1.89 bits per heavy atom. The van der Waals surface area contributed by atoms with Crippen LogP contribution in [0.3, 0.4) is 0 Å². The molecule has 0 aliphatic heterocycles. The molecular weight excluding hydrogens is 426 g/mol. The molecule has 0 bridgehead atoms. The molecule has 2 heterocycles. The van der Waals surface area contributed by atoms with E-state index in [9.17, 15) is 4.79 Å². The molecule has 4 rings (SSSR count). The van der Waals surface area contributed by atoms with Crippen molar-refractivity contribution < 1.29 is 4.79 Å². The molecule has 0 saturated heterocycles. The Labute approximate surface area is 167 Å². The van der Waals surface area contributed by atoms with Crippen molar-refractivity contribution in [1.82, 2.24) is 14.5 Å². The Balaban J connectivity index is 1.95. The van der Waals surface area contributed by atoms with Gasteiger partial charge in [0.1, 0.15) is 0 Å². The lowest BCUT2D eigenvalue weighted by atomic mass is 10.1. The molecule has 0 spiro atoms. The van der Waals surface area contributed by atoms with E-state index < -0.39 is 5.91 Å². The van der Waals surface area contributed by atoms with Gasteiger partial charge < -0.3 is 10.7 Å². The van der Waals surface area contributed by atoms with Gasteiger partial charge in [-0.3, -0.25) is 9.36 Å². The van der Waals surface area contributed by atoms with Crippen molar-refractivity contribution in [2.75, 3.05) is 0 Å². The SMILES string of the molecule is NC(=O)c1[nH]cnc1N=c1scc(-c2ccc(Br)cc2)n1-c1ccccc1. The summed E-state index contributed by atoms with van der Waals surface area (Å²) in [6.07, 6.45) is 1.41. The number of nitrogens with two attached hydrogens (primary N) is 1. The number of benzene rings is 2. The fraction of sp³-hybridized carbons (Fsp3) is 0. The molecular formula is C19H14BrN5OS. The van der Waals surface area contributed by atoms with Crippen LogP contribution in [0, 0.1) is 0 Å². The van der Waals surface area contributed by atoms with E-state index in [1.807, 2.05) is 64.5 Å². The third-order valence-corrected chi connectivity index (χ3v) is 5.28. The summed E-state index contributed by atoms with van der Waals surface area (Å²) in [5, 5.41) is 2.03. The van der Waals surface area contributed by atoms with Crippen LogP contribution in [-0.4, -0.2) is 20.4 Å². The maximum atomic E-state index is 11.6. The Morgan fingerprint density at radius 3 is 2.59 bits per heavy atom. The molecule has 4 aromatic rings. The number of nitrogens with one attached hydrogen (secondary N) is 1. The summed E-state index contributed by atoms with van der Waals surface area (Å²) < 4.78 is 3.05. The van der Waals surface area contributed by atoms with E-state index in [1.54, 1.807) is 0 Å². The van der Waals surface area contributed by atoms with Crippen LogP contribution in [-0.2, 0) is 0 Å². The number of hydrogen-bond acceptors (Lipinski definition) is 4. The van der Waals surface area contributed by atoms with E-state index in [0.29, 0.717) is 4.80 Å². The maximum Gasteiger partial charge on any atom is 0.269 e. The van der Waals surface area contributed by atoms with E-state index in [-0.39, 0.29) is 11.5 Å². The minimum atomic E-state index is -0.595. The number of H-pyrrole nitrogens is 1. The number of rotatable bonds is 4. The van der Waals surface area contributed by atoms with Crippen molar-refractivity contribution in [3.05, 3.63) is 81.3 Å². The molecule has 0 fully saturated rings. The van der Waals surface area contributed by atoms with Gasteiger partial charge in [0.2, 0.25) is 0 Å². The number of aromatic amines is 1. The molecule has 0 aliphatic rings. The van der Waals surface area contributed by atoms with E-state index >= 15 is 0 Å². The smallest absolute Gasteiger partial charge is 0.269 e. The van der Waals surface area contributed by atoms with Crippen molar-refractivity contribution in [3.63, 3.8) is 0 Å². The number of hydrogen-bond donors (Lipinski definition) is 2. The monoisotopic (exact) mass is 439 g/mol. The summed E-state index contributed by atoms with van der Waals surface area (Å²) in [5.74, 6) is -0.321. The molecule has 0 aliphatic carbocycles. The second-order valence-electron chi connectivity index (χ2n) is 5.66. The number of nitrogens with zero attached hydrogens (tertiary/aromatic N) is 3. The zero-order valence-electron chi connectivity index (χ0n) is 14.0. The topological polar surface area (TPSA) is 89.1 Å². The summed E-state index contributed by atoms with van der Waals surface area (Å²) in [6.45, 7) is 0. The van der Waals surface area contributed by atoms with E-state index in [0.717, 1.165) is 21.4 Å². The highest BCUT2D eigenvalue weighted by Gasteiger charge is 2.13. The molecule has 3 N–H and O–H groups in total. The largest absolute Gasteiger partial charge is 0.364 e. The number of thiazole rings is 1. The highest BCUT2D eigenvalue weighted by molar-refractivity contribution is 9.10. The van der Waals surface area contributed by atoms with Crippen LogP contribution >= 0.6 is 27.3 Å². The second kappa shape index (κ2) is 7.34. The van der Waals surface area contributed by atoms with Crippen molar-refractivity contribution in [2.45, 2.75) is 0 Å². The highest BCUT2D eigenvalue weighted by atomic mass is 79.9. The number of para-hydroxylation sites is 1. The van der Waals surface area contributed by atoms with Crippen LogP contribution in [0.4, 0.5) is 5.82 Å². The number of primary amides is 1. The molecule has 8 heteroatoms. The lowest BCUT2D eigenvalue weighted by Crippen LogP contribution is -2.15. The fourth-order valence-electron chi connectivity index (χ4n) is 2.68. The normalized spacial score (nSPS) is 11.7. The average molecular weight is 440 g/mol. The van der Waals surface area contributed by atoms with E-state index in [1.165, 1.54) is 17.7 Å². The predicted octanol–water partition coefficient (Wildman–Crippen LogP) is 4.02. The first-order valence-electron chi connectivity index (χ1n) is 8.03. The maximum absolute atomic E-state index is 11.6. The molecule has 0 radical (unpaired) electrons. The summed E-state index contributed by atoms with van der Waals surface area (Å²) in [6, 6.07) is 18.0. The molecule has 27 heavy (non-hydrogen) atoms. The van der Waals surface area contributed by atoms with Gasteiger partial charge in [-0.2, -0.15) is 4.99 Å². The quantitative estimate of drug-likeness (QED) is 0.502. The van der Waals surface area contributed by atoms with Crippen LogP contribution in [0.1, 0.15) is 10.5 Å². The second-order valence-corrected chi connectivity index (χ2v) is 7.41. The van der Waals surface area contributed by atoms with Crippen molar-refractivity contribution >= 4 is 39.0 Å². The fourth-order valence-corrected chi connectivity index (χ4v) is 3.85. The van der Waals surface area contributed by atoms with Crippen LogP contribution in [0.2, 0.25) is 0 Å². The van der Waals surface area contributed by atoms with Gasteiger partial charge in [0, 0.05) is 15.5 Å². The van der Waals surface area contributed by atoms with Crippen LogP contribution in [0.5, 0.6) is 0 Å². The average Bonchev–Trinajstić information content (AvgIpc) is 3.31. The van der Waals surface area contributed by atoms with Crippen molar-refractivity contribution in [3.8, 4) is 16.9 Å². The standard InChI is InChI=1S/C19H14BrN5OS/c20-13-8-6-12(7-9-13)15-10-27-19(25(15)14-4-2-1-3-5-14)24-18-16(17(21)26)22-11-23-18/h1-11H,(H2,21,26)(H,22,23). The third kappa shape index (κ3) is 3.49. The Morgan fingerprint density at radius 1 is 1.15 bits per heavy atom. The van der Waals surface area contributed by atoms with Crippen LogP contribution in [0.25, 0.3) is 16.9 Å². The third-order valence-electron chi connectivity index (χ3n) is 3.93. The number of imidazole rings is 1. The minimum absolute atomic E-state index is 0.188. The van der Waals surface area contributed by atoms with Crippen molar-refractivity contribution in [2.24, 2.45) is 10.7 Å². The molecule has 0 saturated carbocycles. The number of carbonyl (C=O) groups excluding carboxylic acids is 1. The van der Waals surface area contributed by atoms with Gasteiger partial charge in [-0.25, -0.2) is 4.98 Å². The summed E-state index contributed by atoms with van der Waals surface area (Å²) in [4.78, 5) is 23.7. The molecule has 0 atom stereocenters. The molecule has 1 amide bonds. The zero-order chi connectivity index (χ0) is 18.8. The number of amides is 1. The van der Waals surface area contributed by atoms with E-state index in [4.69, 9.17) is 5.73 Å². The Hall–Kier alpha value is -2.97. The molecule has 0 unspecified atom stereocenters. The molecule has 2 aromatic carbocycles. The first-order valence-corrected chi connectivity index (χ1v) is 9.70. The highest BCUT2D eigenvalue weighted by Crippen LogP contribution is 2.25. The predicted molar refractivity (Wildman–Crippen MR) is 109 cm³/mol. The minimum Gasteiger partial charge on any atom is -0.364 e. The van der Waals surface area contributed by atoms with Crippen molar-refractivity contribution in [1.29, 1.82) is 0 Å². The van der Waals surface area contributed by atoms with E-state index in [2.05, 4.69) is 30.9 Å². The summed E-state index contributed by atoms with van der Waals surface area (Å²) in [7, 11) is 0. The number of halogens is 1. The summed E-state index contributed by atoms with van der Waals surface area (Å²) in [5.41, 5.74) is 8.59.